The summed E-state index contributed by atoms with van der Waals surface area (Å²) in [4.78, 5) is 26.7. The van der Waals surface area contributed by atoms with E-state index in [-0.39, 0.29) is 17.5 Å². The smallest absolute Gasteiger partial charge is 0.274 e. The molecule has 1 fully saturated rings. The maximum absolute atomic E-state index is 13.0. The lowest BCUT2D eigenvalue weighted by Gasteiger charge is -2.25. The summed E-state index contributed by atoms with van der Waals surface area (Å²) in [6.07, 6.45) is 1.91. The normalized spacial score (nSPS) is 17.0. The van der Waals surface area contributed by atoms with E-state index in [1.165, 1.54) is 22.4 Å². The molecule has 25 heavy (non-hydrogen) atoms. The van der Waals surface area contributed by atoms with Crippen LogP contribution in [-0.4, -0.2) is 40.8 Å². The van der Waals surface area contributed by atoms with Crippen LogP contribution in [0.1, 0.15) is 40.5 Å². The fourth-order valence-electron chi connectivity index (χ4n) is 3.19. The summed E-state index contributed by atoms with van der Waals surface area (Å²) < 4.78 is 6.28. The zero-order valence-electron chi connectivity index (χ0n) is 14.6. The van der Waals surface area contributed by atoms with E-state index in [0.29, 0.717) is 25.4 Å². The molecule has 132 valence electrons. The number of aryl methyl sites for hydroxylation is 1. The Kier molecular flexibility index (Phi) is 5.28. The molecular formula is C19H23N3O3. The standard InChI is InChI=1S/C19H23N3O3/c1-14-5-7-15(8-6-14)17-4-3-11-21(17)19(24)16-9-10-18(23)22(20-16)12-13-25-2/h5-10,17H,3-4,11-13H2,1-2H3/t17-/m1/s1. The Morgan fingerprint density at radius 2 is 2.00 bits per heavy atom. The number of carbonyl (C=O) groups is 1. The minimum atomic E-state index is -0.231. The quantitative estimate of drug-likeness (QED) is 0.836. The van der Waals surface area contributed by atoms with E-state index in [1.54, 1.807) is 7.11 Å². The maximum Gasteiger partial charge on any atom is 0.274 e. The minimum absolute atomic E-state index is 0.0641. The van der Waals surface area contributed by atoms with E-state index >= 15 is 0 Å². The Hall–Kier alpha value is -2.47. The van der Waals surface area contributed by atoms with Crippen LogP contribution in [0.15, 0.2) is 41.2 Å². The zero-order chi connectivity index (χ0) is 17.8. The van der Waals surface area contributed by atoms with Crippen molar-refractivity contribution in [2.45, 2.75) is 32.4 Å². The third-order valence-electron chi connectivity index (χ3n) is 4.57. The first-order valence-corrected chi connectivity index (χ1v) is 8.55. The van der Waals surface area contributed by atoms with Gasteiger partial charge >= 0.3 is 0 Å². The molecule has 0 aliphatic carbocycles. The summed E-state index contributed by atoms with van der Waals surface area (Å²) in [5.41, 5.74) is 2.41. The number of aromatic nitrogens is 2. The van der Waals surface area contributed by atoms with Crippen molar-refractivity contribution in [2.24, 2.45) is 0 Å². The number of nitrogens with zero attached hydrogens (tertiary/aromatic N) is 3. The lowest BCUT2D eigenvalue weighted by atomic mass is 10.0. The average Bonchev–Trinajstić information content (AvgIpc) is 3.11. The number of hydrogen-bond donors (Lipinski definition) is 0. The largest absolute Gasteiger partial charge is 0.383 e. The van der Waals surface area contributed by atoms with Gasteiger partial charge in [0.05, 0.1) is 19.2 Å². The highest BCUT2D eigenvalue weighted by Crippen LogP contribution is 2.32. The molecule has 2 heterocycles. The topological polar surface area (TPSA) is 64.4 Å². The SMILES string of the molecule is COCCn1nc(C(=O)N2CCC[C@@H]2c2ccc(C)cc2)ccc1=O. The van der Waals surface area contributed by atoms with Gasteiger partial charge in [0.1, 0.15) is 5.69 Å². The monoisotopic (exact) mass is 341 g/mol. The first-order valence-electron chi connectivity index (χ1n) is 8.55. The molecule has 0 saturated carbocycles. The second-order valence-electron chi connectivity index (χ2n) is 6.34. The van der Waals surface area contributed by atoms with Gasteiger partial charge in [0, 0.05) is 19.7 Å². The molecule has 3 rings (SSSR count). The van der Waals surface area contributed by atoms with Gasteiger partial charge in [-0.15, -0.1) is 0 Å². The number of rotatable bonds is 5. The number of likely N-dealkylation sites (tertiary alicyclic amines) is 1. The molecule has 0 radical (unpaired) electrons. The van der Waals surface area contributed by atoms with Gasteiger partial charge in [-0.05, 0) is 31.4 Å². The maximum atomic E-state index is 13.0. The lowest BCUT2D eigenvalue weighted by Crippen LogP contribution is -2.34. The molecule has 6 heteroatoms. The van der Waals surface area contributed by atoms with Crippen LogP contribution in [0.3, 0.4) is 0 Å². The Bertz CT molecular complexity index is 798. The summed E-state index contributed by atoms with van der Waals surface area (Å²) in [5.74, 6) is -0.130. The molecule has 0 spiro atoms. The van der Waals surface area contributed by atoms with Crippen molar-refractivity contribution in [1.82, 2.24) is 14.7 Å². The predicted molar refractivity (Wildman–Crippen MR) is 94.6 cm³/mol. The summed E-state index contributed by atoms with van der Waals surface area (Å²) in [6.45, 7) is 3.46. The van der Waals surface area contributed by atoms with Gasteiger partial charge in [0.25, 0.3) is 11.5 Å². The van der Waals surface area contributed by atoms with Gasteiger partial charge in [-0.2, -0.15) is 5.10 Å². The van der Waals surface area contributed by atoms with Gasteiger partial charge < -0.3 is 9.64 Å². The van der Waals surface area contributed by atoms with Crippen LogP contribution in [-0.2, 0) is 11.3 Å². The van der Waals surface area contributed by atoms with Crippen molar-refractivity contribution in [2.75, 3.05) is 20.3 Å². The summed E-state index contributed by atoms with van der Waals surface area (Å²) in [7, 11) is 1.57. The minimum Gasteiger partial charge on any atom is -0.383 e. The molecule has 1 aliphatic rings. The summed E-state index contributed by atoms with van der Waals surface area (Å²) in [5, 5.41) is 4.23. The van der Waals surface area contributed by atoms with Crippen molar-refractivity contribution in [3.8, 4) is 0 Å². The van der Waals surface area contributed by atoms with E-state index in [4.69, 9.17) is 4.74 Å². The number of methoxy groups -OCH3 is 1. The molecule has 6 nitrogen and oxygen atoms in total. The van der Waals surface area contributed by atoms with Crippen LogP contribution in [0, 0.1) is 6.92 Å². The van der Waals surface area contributed by atoms with Gasteiger partial charge in [0.2, 0.25) is 0 Å². The van der Waals surface area contributed by atoms with E-state index in [1.807, 2.05) is 4.90 Å². The molecule has 1 aromatic carbocycles. The average molecular weight is 341 g/mol. The van der Waals surface area contributed by atoms with Gasteiger partial charge in [0.15, 0.2) is 0 Å². The number of hydrogen-bond acceptors (Lipinski definition) is 4. The Morgan fingerprint density at radius 1 is 1.24 bits per heavy atom. The van der Waals surface area contributed by atoms with Gasteiger partial charge in [-0.25, -0.2) is 4.68 Å². The van der Waals surface area contributed by atoms with E-state index in [2.05, 4.69) is 36.3 Å². The Balaban J connectivity index is 1.84. The van der Waals surface area contributed by atoms with Crippen LogP contribution in [0.5, 0.6) is 0 Å². The first-order chi connectivity index (χ1) is 12.1. The highest BCUT2D eigenvalue weighted by Gasteiger charge is 2.31. The number of ether oxygens (including phenoxy) is 1. The van der Waals surface area contributed by atoms with E-state index in [0.717, 1.165) is 18.4 Å². The van der Waals surface area contributed by atoms with Crippen molar-refractivity contribution in [1.29, 1.82) is 0 Å². The molecule has 2 aromatic rings. The third kappa shape index (κ3) is 3.79. The van der Waals surface area contributed by atoms with Crippen LogP contribution in [0.25, 0.3) is 0 Å². The molecule has 0 unspecified atom stereocenters. The number of carbonyl (C=O) groups excluding carboxylic acids is 1. The number of amides is 1. The van der Waals surface area contributed by atoms with Crippen LogP contribution in [0.2, 0.25) is 0 Å². The van der Waals surface area contributed by atoms with Crippen molar-refractivity contribution in [3.63, 3.8) is 0 Å². The zero-order valence-corrected chi connectivity index (χ0v) is 14.6. The lowest BCUT2D eigenvalue weighted by molar-refractivity contribution is 0.0725. The fourth-order valence-corrected chi connectivity index (χ4v) is 3.19. The van der Waals surface area contributed by atoms with E-state index < -0.39 is 0 Å². The van der Waals surface area contributed by atoms with Gasteiger partial charge in [-0.3, -0.25) is 9.59 Å². The third-order valence-corrected chi connectivity index (χ3v) is 4.57. The van der Waals surface area contributed by atoms with Crippen molar-refractivity contribution < 1.29 is 9.53 Å². The molecule has 1 atom stereocenters. The summed E-state index contributed by atoms with van der Waals surface area (Å²) >= 11 is 0. The van der Waals surface area contributed by atoms with E-state index in [9.17, 15) is 9.59 Å². The Labute approximate surface area is 147 Å². The highest BCUT2D eigenvalue weighted by atomic mass is 16.5. The number of benzene rings is 1. The second kappa shape index (κ2) is 7.61. The second-order valence-corrected chi connectivity index (χ2v) is 6.34. The molecular weight excluding hydrogens is 318 g/mol. The predicted octanol–water partition coefficient (Wildman–Crippen LogP) is 2.18. The van der Waals surface area contributed by atoms with Crippen LogP contribution < -0.4 is 5.56 Å². The van der Waals surface area contributed by atoms with Crippen molar-refractivity contribution >= 4 is 5.91 Å². The Morgan fingerprint density at radius 3 is 2.72 bits per heavy atom. The molecule has 1 saturated heterocycles. The van der Waals surface area contributed by atoms with Crippen LogP contribution >= 0.6 is 0 Å². The summed E-state index contributed by atoms with van der Waals surface area (Å²) in [6, 6.07) is 11.3. The van der Waals surface area contributed by atoms with Crippen molar-refractivity contribution in [3.05, 3.63) is 63.6 Å². The molecule has 0 bridgehead atoms. The molecule has 1 aliphatic heterocycles. The van der Waals surface area contributed by atoms with Gasteiger partial charge in [-0.1, -0.05) is 29.8 Å². The molecule has 0 N–H and O–H groups in total. The highest BCUT2D eigenvalue weighted by molar-refractivity contribution is 5.92. The fraction of sp³-hybridized carbons (Fsp3) is 0.421. The molecule has 1 amide bonds. The van der Waals surface area contributed by atoms with Crippen LogP contribution in [0.4, 0.5) is 0 Å². The first kappa shape index (κ1) is 17.4. The molecule has 1 aromatic heterocycles.